The summed E-state index contributed by atoms with van der Waals surface area (Å²) in [5.41, 5.74) is 3.89. The van der Waals surface area contributed by atoms with Gasteiger partial charge in [0, 0.05) is 24.5 Å². The maximum atomic E-state index is 11.8. The maximum absolute atomic E-state index is 11.8. The highest BCUT2D eigenvalue weighted by atomic mass is 32.1. The summed E-state index contributed by atoms with van der Waals surface area (Å²) < 4.78 is 0. The second-order valence-electron chi connectivity index (χ2n) is 4.74. The van der Waals surface area contributed by atoms with Gasteiger partial charge in [0.2, 0.25) is 5.91 Å². The fourth-order valence-corrected chi connectivity index (χ4v) is 3.00. The Morgan fingerprint density at radius 3 is 3.00 bits per heavy atom. The molecule has 3 rings (SSSR count). The molecule has 0 atom stereocenters. The monoisotopic (exact) mass is 272 g/mol. The van der Waals surface area contributed by atoms with Gasteiger partial charge in [-0.1, -0.05) is 24.3 Å². The van der Waals surface area contributed by atoms with Crippen molar-refractivity contribution in [1.29, 1.82) is 0 Å². The molecule has 0 saturated heterocycles. The van der Waals surface area contributed by atoms with Crippen molar-refractivity contribution in [2.24, 2.45) is 0 Å². The van der Waals surface area contributed by atoms with E-state index in [0.717, 1.165) is 18.0 Å². The molecule has 1 amide bonds. The highest BCUT2D eigenvalue weighted by Gasteiger charge is 2.10. The van der Waals surface area contributed by atoms with E-state index in [2.05, 4.69) is 28.8 Å². The maximum Gasteiger partial charge on any atom is 0.225 e. The normalized spacial score (nSPS) is 13.3. The second-order valence-corrected chi connectivity index (χ2v) is 5.77. The summed E-state index contributed by atoms with van der Waals surface area (Å²) in [6.07, 6.45) is 0.476. The van der Waals surface area contributed by atoms with Crippen molar-refractivity contribution >= 4 is 17.2 Å². The van der Waals surface area contributed by atoms with E-state index >= 15 is 0 Å². The number of carbonyl (C=O) groups is 1. The van der Waals surface area contributed by atoms with Crippen molar-refractivity contribution in [3.05, 3.63) is 57.3 Å². The van der Waals surface area contributed by atoms with Crippen molar-refractivity contribution in [2.75, 3.05) is 0 Å². The predicted molar refractivity (Wildman–Crippen MR) is 76.9 cm³/mol. The second kappa shape index (κ2) is 5.55. The molecule has 2 heterocycles. The molecule has 0 fully saturated rings. The summed E-state index contributed by atoms with van der Waals surface area (Å²) in [5, 5.41) is 8.30. The molecule has 98 valence electrons. The van der Waals surface area contributed by atoms with E-state index in [1.165, 1.54) is 16.7 Å². The van der Waals surface area contributed by atoms with Crippen molar-refractivity contribution in [1.82, 2.24) is 10.6 Å². The summed E-state index contributed by atoms with van der Waals surface area (Å²) in [5.74, 6) is 0.0843. The first-order valence-electron chi connectivity index (χ1n) is 6.42. The molecule has 4 heteroatoms. The van der Waals surface area contributed by atoms with E-state index in [4.69, 9.17) is 0 Å². The van der Waals surface area contributed by atoms with Gasteiger partial charge >= 0.3 is 0 Å². The molecule has 1 aliphatic heterocycles. The Balaban J connectivity index is 1.56. The number of nitrogens with one attached hydrogen (secondary N) is 2. The molecule has 0 unspecified atom stereocenters. The number of rotatable bonds is 4. The average Bonchev–Trinajstić information content (AvgIpc) is 3.06. The number of amides is 1. The molecule has 0 radical (unpaired) electrons. The van der Waals surface area contributed by atoms with Crippen molar-refractivity contribution in [3.8, 4) is 0 Å². The zero-order valence-corrected chi connectivity index (χ0v) is 11.4. The molecule has 0 spiro atoms. The van der Waals surface area contributed by atoms with Gasteiger partial charge in [-0.2, -0.15) is 0 Å². The Kier molecular flexibility index (Phi) is 3.62. The fraction of sp³-hybridized carbons (Fsp3) is 0.267. The van der Waals surface area contributed by atoms with Crippen LogP contribution in [0.25, 0.3) is 0 Å². The lowest BCUT2D eigenvalue weighted by molar-refractivity contribution is -0.120. The van der Waals surface area contributed by atoms with Crippen LogP contribution in [0.4, 0.5) is 0 Å². The minimum atomic E-state index is 0.0843. The number of carbonyl (C=O) groups excluding carboxylic acids is 1. The van der Waals surface area contributed by atoms with Crippen LogP contribution in [0, 0.1) is 0 Å². The first-order valence-corrected chi connectivity index (χ1v) is 7.30. The number of benzene rings is 1. The molecular weight excluding hydrogens is 256 g/mol. The summed E-state index contributed by atoms with van der Waals surface area (Å²) >= 11 is 1.62. The van der Waals surface area contributed by atoms with Gasteiger partial charge in [0.25, 0.3) is 0 Å². The molecule has 0 saturated carbocycles. The topological polar surface area (TPSA) is 41.1 Å². The van der Waals surface area contributed by atoms with E-state index in [-0.39, 0.29) is 5.91 Å². The molecule has 2 N–H and O–H groups in total. The Labute approximate surface area is 116 Å². The summed E-state index contributed by atoms with van der Waals surface area (Å²) in [7, 11) is 0. The summed E-state index contributed by atoms with van der Waals surface area (Å²) in [4.78, 5) is 12.9. The van der Waals surface area contributed by atoms with Crippen LogP contribution in [0.3, 0.4) is 0 Å². The highest BCUT2D eigenvalue weighted by Crippen LogP contribution is 2.17. The minimum absolute atomic E-state index is 0.0843. The quantitative estimate of drug-likeness (QED) is 0.896. The van der Waals surface area contributed by atoms with Crippen LogP contribution in [0.15, 0.2) is 35.7 Å². The lowest BCUT2D eigenvalue weighted by Gasteiger charge is -2.06. The van der Waals surface area contributed by atoms with Gasteiger partial charge in [0.05, 0.1) is 6.42 Å². The smallest absolute Gasteiger partial charge is 0.225 e. The zero-order valence-electron chi connectivity index (χ0n) is 10.6. The Hall–Kier alpha value is -1.65. The largest absolute Gasteiger partial charge is 0.352 e. The number of hydrogen-bond donors (Lipinski definition) is 2. The van der Waals surface area contributed by atoms with Gasteiger partial charge in [-0.25, -0.2) is 0 Å². The van der Waals surface area contributed by atoms with Crippen LogP contribution in [0.5, 0.6) is 0 Å². The summed E-state index contributed by atoms with van der Waals surface area (Å²) in [6.45, 7) is 2.50. The van der Waals surface area contributed by atoms with Gasteiger partial charge in [-0.3, -0.25) is 4.79 Å². The molecule has 2 aromatic rings. The van der Waals surface area contributed by atoms with Crippen LogP contribution in [0.2, 0.25) is 0 Å². The molecule has 3 nitrogen and oxygen atoms in total. The minimum Gasteiger partial charge on any atom is -0.352 e. The fourth-order valence-electron chi connectivity index (χ4n) is 2.29. The molecular formula is C15H16N2OS. The summed E-state index contributed by atoms with van der Waals surface area (Å²) in [6, 6.07) is 10.4. The molecule has 1 aromatic carbocycles. The molecule has 0 aliphatic carbocycles. The molecule has 1 aromatic heterocycles. The molecule has 1 aliphatic rings. The van der Waals surface area contributed by atoms with E-state index in [0.29, 0.717) is 13.0 Å². The number of hydrogen-bond acceptors (Lipinski definition) is 3. The van der Waals surface area contributed by atoms with Crippen LogP contribution in [-0.4, -0.2) is 5.91 Å². The van der Waals surface area contributed by atoms with Crippen molar-refractivity contribution in [3.63, 3.8) is 0 Å². The van der Waals surface area contributed by atoms with E-state index in [1.807, 2.05) is 17.5 Å². The van der Waals surface area contributed by atoms with Crippen LogP contribution in [0.1, 0.15) is 21.6 Å². The van der Waals surface area contributed by atoms with Gasteiger partial charge in [0.1, 0.15) is 0 Å². The average molecular weight is 272 g/mol. The third-order valence-electron chi connectivity index (χ3n) is 3.31. The van der Waals surface area contributed by atoms with Crippen molar-refractivity contribution in [2.45, 2.75) is 26.1 Å². The lowest BCUT2D eigenvalue weighted by atomic mass is 10.1. The SMILES string of the molecule is O=C(Cc1cccs1)NCc1ccc2c(c1)CNC2. The van der Waals surface area contributed by atoms with E-state index in [9.17, 15) is 4.79 Å². The molecule has 0 bridgehead atoms. The van der Waals surface area contributed by atoms with Gasteiger partial charge in [-0.15, -0.1) is 11.3 Å². The third kappa shape index (κ3) is 3.03. The van der Waals surface area contributed by atoms with Crippen LogP contribution < -0.4 is 10.6 Å². The van der Waals surface area contributed by atoms with Gasteiger partial charge in [0.15, 0.2) is 0 Å². The van der Waals surface area contributed by atoms with E-state index < -0.39 is 0 Å². The lowest BCUT2D eigenvalue weighted by Crippen LogP contribution is -2.24. The van der Waals surface area contributed by atoms with Crippen LogP contribution in [-0.2, 0) is 30.8 Å². The molecule has 19 heavy (non-hydrogen) atoms. The first-order chi connectivity index (χ1) is 9.31. The van der Waals surface area contributed by atoms with Crippen molar-refractivity contribution < 1.29 is 4.79 Å². The Morgan fingerprint density at radius 1 is 1.26 bits per heavy atom. The predicted octanol–water partition coefficient (Wildman–Crippen LogP) is 2.21. The van der Waals surface area contributed by atoms with E-state index in [1.54, 1.807) is 11.3 Å². The highest BCUT2D eigenvalue weighted by molar-refractivity contribution is 7.10. The number of fused-ring (bicyclic) bond motifs is 1. The van der Waals surface area contributed by atoms with Gasteiger partial charge in [-0.05, 0) is 28.1 Å². The number of thiophene rings is 1. The standard InChI is InChI=1S/C15H16N2OS/c18-15(7-14-2-1-5-19-14)17-8-11-3-4-12-9-16-10-13(12)6-11/h1-6,16H,7-10H2,(H,17,18). The third-order valence-corrected chi connectivity index (χ3v) is 4.18. The first kappa shape index (κ1) is 12.4. The Bertz CT molecular complexity index is 578. The Morgan fingerprint density at radius 2 is 2.16 bits per heavy atom. The zero-order chi connectivity index (χ0) is 13.1. The van der Waals surface area contributed by atoms with Gasteiger partial charge < -0.3 is 10.6 Å². The van der Waals surface area contributed by atoms with Crippen LogP contribution >= 0.6 is 11.3 Å².